The smallest absolute Gasteiger partial charge is 0.333 e. The first kappa shape index (κ1) is 18.3. The summed E-state index contributed by atoms with van der Waals surface area (Å²) in [5.74, 6) is -0.276. The third-order valence-corrected chi connectivity index (χ3v) is 4.41. The second kappa shape index (κ2) is 12.4. The van der Waals surface area contributed by atoms with Gasteiger partial charge in [0, 0.05) is 28.3 Å². The van der Waals surface area contributed by atoms with E-state index in [1.165, 1.54) is 6.04 Å². The molecule has 0 aromatic rings. The van der Waals surface area contributed by atoms with Gasteiger partial charge in [-0.2, -0.15) is 0 Å². The van der Waals surface area contributed by atoms with Crippen molar-refractivity contribution in [2.45, 2.75) is 52.0 Å². The average molecular weight is 288 g/mol. The molecule has 0 aliphatic rings. The standard InChI is InChI=1S/C14H28O4Si/c1-5-16-13(17-6-2)8-7-10-19-11-9-18-14(15)12(3)4/h13H,3,5-11,19H2,1-2,4H3. The summed E-state index contributed by atoms with van der Waals surface area (Å²) in [7, 11) is -0.145. The Morgan fingerprint density at radius 3 is 2.37 bits per heavy atom. The van der Waals surface area contributed by atoms with E-state index < -0.39 is 0 Å². The van der Waals surface area contributed by atoms with E-state index in [1.807, 2.05) is 13.8 Å². The largest absolute Gasteiger partial charge is 0.463 e. The van der Waals surface area contributed by atoms with Crippen LogP contribution in [0.25, 0.3) is 0 Å². The molecule has 0 saturated carbocycles. The topological polar surface area (TPSA) is 44.8 Å². The van der Waals surface area contributed by atoms with Crippen LogP contribution < -0.4 is 0 Å². The van der Waals surface area contributed by atoms with Crippen LogP contribution in [0.5, 0.6) is 0 Å². The van der Waals surface area contributed by atoms with Gasteiger partial charge in [-0.3, -0.25) is 0 Å². The molecule has 0 fully saturated rings. The molecular weight excluding hydrogens is 260 g/mol. The molecular formula is C14H28O4Si. The summed E-state index contributed by atoms with van der Waals surface area (Å²) in [5, 5.41) is 0. The molecule has 0 aliphatic heterocycles. The summed E-state index contributed by atoms with van der Waals surface area (Å²) in [6.45, 7) is 11.1. The van der Waals surface area contributed by atoms with Gasteiger partial charge >= 0.3 is 5.97 Å². The molecule has 0 saturated heterocycles. The van der Waals surface area contributed by atoms with Gasteiger partial charge in [-0.15, -0.1) is 0 Å². The number of esters is 1. The first-order chi connectivity index (χ1) is 9.11. The maximum atomic E-state index is 11.1. The zero-order valence-corrected chi connectivity index (χ0v) is 14.0. The zero-order valence-electron chi connectivity index (χ0n) is 12.6. The Labute approximate surface area is 119 Å². The number of hydrogen-bond acceptors (Lipinski definition) is 4. The lowest BCUT2D eigenvalue weighted by molar-refractivity contribution is -0.139. The van der Waals surface area contributed by atoms with E-state index in [-0.39, 0.29) is 21.8 Å². The van der Waals surface area contributed by atoms with Crippen molar-refractivity contribution in [1.29, 1.82) is 0 Å². The van der Waals surface area contributed by atoms with E-state index >= 15 is 0 Å². The van der Waals surface area contributed by atoms with Crippen LogP contribution in [-0.4, -0.2) is 41.6 Å². The van der Waals surface area contributed by atoms with E-state index in [0.29, 0.717) is 25.4 Å². The van der Waals surface area contributed by atoms with Crippen molar-refractivity contribution in [3.63, 3.8) is 0 Å². The maximum Gasteiger partial charge on any atom is 0.333 e. The van der Waals surface area contributed by atoms with Gasteiger partial charge in [-0.05, 0) is 33.2 Å². The summed E-state index contributed by atoms with van der Waals surface area (Å²) in [4.78, 5) is 11.1. The van der Waals surface area contributed by atoms with Crippen molar-refractivity contribution in [3.05, 3.63) is 12.2 Å². The molecule has 0 aromatic carbocycles. The average Bonchev–Trinajstić information content (AvgIpc) is 2.37. The number of rotatable bonds is 12. The highest BCUT2D eigenvalue weighted by Gasteiger charge is 2.07. The predicted molar refractivity (Wildman–Crippen MR) is 80.2 cm³/mol. The van der Waals surface area contributed by atoms with Gasteiger partial charge in [0.05, 0.1) is 6.61 Å². The van der Waals surface area contributed by atoms with Crippen molar-refractivity contribution in [2.75, 3.05) is 19.8 Å². The van der Waals surface area contributed by atoms with Crippen LogP contribution in [0.1, 0.15) is 33.6 Å². The minimum atomic E-state index is -0.276. The molecule has 0 bridgehead atoms. The van der Waals surface area contributed by atoms with Gasteiger partial charge in [-0.1, -0.05) is 19.0 Å². The highest BCUT2D eigenvalue weighted by atomic mass is 28.2. The third-order valence-electron chi connectivity index (χ3n) is 2.62. The Hall–Kier alpha value is -0.653. The fourth-order valence-electron chi connectivity index (χ4n) is 1.64. The summed E-state index contributed by atoms with van der Waals surface area (Å²) in [6.07, 6.45) is 2.04. The molecule has 0 radical (unpaired) electrons. The predicted octanol–water partition coefficient (Wildman–Crippen LogP) is 2.29. The fraction of sp³-hybridized carbons (Fsp3) is 0.786. The molecule has 19 heavy (non-hydrogen) atoms. The molecule has 0 atom stereocenters. The maximum absolute atomic E-state index is 11.1. The first-order valence-corrected chi connectivity index (χ1v) is 9.17. The number of ether oxygens (including phenoxy) is 3. The van der Waals surface area contributed by atoms with Gasteiger partial charge < -0.3 is 14.2 Å². The quantitative estimate of drug-likeness (QED) is 0.182. The lowest BCUT2D eigenvalue weighted by Crippen LogP contribution is -2.17. The van der Waals surface area contributed by atoms with Crippen molar-refractivity contribution in [1.82, 2.24) is 0 Å². The molecule has 0 aromatic heterocycles. The Morgan fingerprint density at radius 1 is 1.21 bits per heavy atom. The molecule has 0 heterocycles. The Balaban J connectivity index is 3.43. The molecule has 0 spiro atoms. The summed E-state index contributed by atoms with van der Waals surface area (Å²) >= 11 is 0. The van der Waals surface area contributed by atoms with Gasteiger partial charge in [-0.25, -0.2) is 4.79 Å². The minimum Gasteiger partial charge on any atom is -0.463 e. The van der Waals surface area contributed by atoms with Gasteiger partial charge in [0.1, 0.15) is 0 Å². The number of hydrogen-bond donors (Lipinski definition) is 0. The highest BCUT2D eigenvalue weighted by Crippen LogP contribution is 2.07. The SMILES string of the molecule is C=C(C)C(=O)OCC[SiH2]CCCC(OCC)OCC. The zero-order chi connectivity index (χ0) is 14.5. The van der Waals surface area contributed by atoms with Crippen molar-refractivity contribution >= 4 is 15.5 Å². The van der Waals surface area contributed by atoms with Crippen LogP contribution in [0.15, 0.2) is 12.2 Å². The molecule has 0 unspecified atom stereocenters. The van der Waals surface area contributed by atoms with Crippen molar-refractivity contribution in [2.24, 2.45) is 0 Å². The van der Waals surface area contributed by atoms with Crippen LogP contribution >= 0.6 is 0 Å². The van der Waals surface area contributed by atoms with Crippen molar-refractivity contribution < 1.29 is 19.0 Å². The Morgan fingerprint density at radius 2 is 1.84 bits per heavy atom. The van der Waals surface area contributed by atoms with Crippen LogP contribution in [0, 0.1) is 0 Å². The first-order valence-electron chi connectivity index (χ1n) is 7.17. The van der Waals surface area contributed by atoms with E-state index in [4.69, 9.17) is 14.2 Å². The van der Waals surface area contributed by atoms with E-state index in [0.717, 1.165) is 18.9 Å². The van der Waals surface area contributed by atoms with Crippen molar-refractivity contribution in [3.8, 4) is 0 Å². The summed E-state index contributed by atoms with van der Waals surface area (Å²) in [5.41, 5.74) is 0.470. The lowest BCUT2D eigenvalue weighted by Gasteiger charge is -2.16. The second-order valence-electron chi connectivity index (χ2n) is 4.46. The highest BCUT2D eigenvalue weighted by molar-refractivity contribution is 6.35. The van der Waals surface area contributed by atoms with Crippen LogP contribution in [-0.2, 0) is 19.0 Å². The molecule has 5 heteroatoms. The van der Waals surface area contributed by atoms with Gasteiger partial charge in [0.25, 0.3) is 0 Å². The third kappa shape index (κ3) is 10.9. The van der Waals surface area contributed by atoms with Crippen LogP contribution in [0.3, 0.4) is 0 Å². The van der Waals surface area contributed by atoms with E-state index in [1.54, 1.807) is 6.92 Å². The van der Waals surface area contributed by atoms with E-state index in [2.05, 4.69) is 6.58 Å². The fourth-order valence-corrected chi connectivity index (χ4v) is 2.99. The molecule has 4 nitrogen and oxygen atoms in total. The normalized spacial score (nSPS) is 11.4. The molecule has 0 N–H and O–H groups in total. The van der Waals surface area contributed by atoms with Gasteiger partial charge in [0.2, 0.25) is 0 Å². The molecule has 0 rings (SSSR count). The molecule has 0 amide bonds. The summed E-state index contributed by atoms with van der Waals surface area (Å²) < 4.78 is 16.0. The number of carbonyl (C=O) groups excluding carboxylic acids is 1. The monoisotopic (exact) mass is 288 g/mol. The minimum absolute atomic E-state index is 0.0507. The Bertz CT molecular complexity index is 250. The second-order valence-corrected chi connectivity index (χ2v) is 6.58. The van der Waals surface area contributed by atoms with E-state index in [9.17, 15) is 4.79 Å². The van der Waals surface area contributed by atoms with Gasteiger partial charge in [0.15, 0.2) is 6.29 Å². The summed E-state index contributed by atoms with van der Waals surface area (Å²) in [6, 6.07) is 2.27. The Kier molecular flexibility index (Phi) is 12.0. The van der Waals surface area contributed by atoms with Crippen LogP contribution in [0.4, 0.5) is 0 Å². The van der Waals surface area contributed by atoms with Crippen LogP contribution in [0.2, 0.25) is 12.1 Å². The lowest BCUT2D eigenvalue weighted by atomic mass is 10.3. The number of carbonyl (C=O) groups is 1. The molecule has 112 valence electrons. The molecule has 0 aliphatic carbocycles.